The molecule has 0 aliphatic carbocycles. The van der Waals surface area contributed by atoms with E-state index in [0.717, 1.165) is 6.42 Å². The minimum atomic E-state index is -0.824. The van der Waals surface area contributed by atoms with Crippen molar-refractivity contribution in [3.8, 4) is 12.3 Å². The summed E-state index contributed by atoms with van der Waals surface area (Å²) in [5.41, 5.74) is -0.462. The summed E-state index contributed by atoms with van der Waals surface area (Å²) < 4.78 is 0. The Morgan fingerprint density at radius 2 is 2.00 bits per heavy atom. The number of likely N-dealkylation sites (tertiary alicyclic amines) is 1. The largest absolute Gasteiger partial charge is 0.481 e. The SMILES string of the molecule is C#CCCC1(CCC(=O)N2[C@H](C)CC[C@H](C(=O)O)[C@@H]2C)N=N1. The number of carbonyl (C=O) groups excluding carboxylic acids is 1. The predicted octanol–water partition coefficient (Wildman–Crippen LogP) is 2.44. The molecule has 0 saturated carbocycles. The van der Waals surface area contributed by atoms with Gasteiger partial charge in [-0.25, -0.2) is 0 Å². The van der Waals surface area contributed by atoms with Crippen LogP contribution in [0.4, 0.5) is 0 Å². The normalized spacial score (nSPS) is 29.0. The number of carboxylic acid groups (broad SMARTS) is 1. The Morgan fingerprint density at radius 1 is 1.32 bits per heavy atom. The lowest BCUT2D eigenvalue weighted by Gasteiger charge is -2.42. The molecule has 1 amide bonds. The van der Waals surface area contributed by atoms with Crippen molar-refractivity contribution in [2.45, 2.75) is 70.1 Å². The van der Waals surface area contributed by atoms with Crippen molar-refractivity contribution in [2.24, 2.45) is 16.1 Å². The summed E-state index contributed by atoms with van der Waals surface area (Å²) in [7, 11) is 0. The maximum atomic E-state index is 12.5. The molecule has 0 unspecified atom stereocenters. The number of nitrogens with zero attached hydrogens (tertiary/aromatic N) is 3. The molecular weight excluding hydrogens is 282 g/mol. The molecule has 120 valence electrons. The standard InChI is InChI=1S/C16H23N3O3/c1-4-5-9-16(17-18-16)10-8-14(20)19-11(2)6-7-13(12(19)3)15(21)22/h1,11-13H,5-10H2,2-3H3,(H,21,22)/t11-,12+,13+/m1/s1. The topological polar surface area (TPSA) is 82.3 Å². The smallest absolute Gasteiger partial charge is 0.308 e. The Kier molecular flexibility index (Phi) is 4.84. The van der Waals surface area contributed by atoms with Crippen molar-refractivity contribution >= 4 is 11.9 Å². The van der Waals surface area contributed by atoms with Crippen LogP contribution in [-0.2, 0) is 9.59 Å². The van der Waals surface area contributed by atoms with E-state index in [1.165, 1.54) is 0 Å². The molecule has 3 atom stereocenters. The van der Waals surface area contributed by atoms with Crippen LogP contribution in [0.5, 0.6) is 0 Å². The van der Waals surface area contributed by atoms with Crippen molar-refractivity contribution in [1.29, 1.82) is 0 Å². The minimum absolute atomic E-state index is 0.0108. The van der Waals surface area contributed by atoms with E-state index < -0.39 is 17.6 Å². The fourth-order valence-electron chi connectivity index (χ4n) is 3.30. The number of rotatable bonds is 6. The van der Waals surface area contributed by atoms with Gasteiger partial charge in [0, 0.05) is 37.8 Å². The highest BCUT2D eigenvalue weighted by Crippen LogP contribution is 2.38. The zero-order valence-electron chi connectivity index (χ0n) is 13.2. The van der Waals surface area contributed by atoms with Gasteiger partial charge < -0.3 is 10.0 Å². The van der Waals surface area contributed by atoms with Crippen molar-refractivity contribution in [3.05, 3.63) is 0 Å². The molecule has 0 aromatic heterocycles. The van der Waals surface area contributed by atoms with Crippen molar-refractivity contribution < 1.29 is 14.7 Å². The van der Waals surface area contributed by atoms with Gasteiger partial charge in [0.05, 0.1) is 5.92 Å². The van der Waals surface area contributed by atoms with Crippen LogP contribution >= 0.6 is 0 Å². The molecule has 22 heavy (non-hydrogen) atoms. The fourth-order valence-corrected chi connectivity index (χ4v) is 3.30. The van der Waals surface area contributed by atoms with Gasteiger partial charge >= 0.3 is 5.97 Å². The highest BCUT2D eigenvalue weighted by molar-refractivity contribution is 5.79. The monoisotopic (exact) mass is 305 g/mol. The molecule has 1 saturated heterocycles. The summed E-state index contributed by atoms with van der Waals surface area (Å²) in [5.74, 6) is 1.25. The highest BCUT2D eigenvalue weighted by Gasteiger charge is 2.42. The van der Waals surface area contributed by atoms with E-state index in [-0.39, 0.29) is 18.0 Å². The van der Waals surface area contributed by atoms with E-state index in [1.54, 1.807) is 4.90 Å². The quantitative estimate of drug-likeness (QED) is 0.765. The number of hydrogen-bond acceptors (Lipinski definition) is 4. The zero-order valence-corrected chi connectivity index (χ0v) is 13.2. The lowest BCUT2D eigenvalue weighted by Crippen LogP contribution is -2.53. The Hall–Kier alpha value is -1.90. The molecule has 6 nitrogen and oxygen atoms in total. The molecule has 1 N–H and O–H groups in total. The van der Waals surface area contributed by atoms with Gasteiger partial charge in [-0.2, -0.15) is 10.2 Å². The molecule has 2 heterocycles. The number of carboxylic acids is 1. The molecule has 0 bridgehead atoms. The molecular formula is C16H23N3O3. The van der Waals surface area contributed by atoms with Crippen LogP contribution in [0.3, 0.4) is 0 Å². The fraction of sp³-hybridized carbons (Fsp3) is 0.750. The number of terminal acetylenes is 1. The number of amides is 1. The molecule has 2 aliphatic rings. The van der Waals surface area contributed by atoms with Gasteiger partial charge in [0.25, 0.3) is 0 Å². The minimum Gasteiger partial charge on any atom is -0.481 e. The van der Waals surface area contributed by atoms with E-state index in [1.807, 2.05) is 13.8 Å². The van der Waals surface area contributed by atoms with Gasteiger partial charge in [-0.15, -0.1) is 12.3 Å². The summed E-state index contributed by atoms with van der Waals surface area (Å²) in [5, 5.41) is 17.3. The summed E-state index contributed by atoms with van der Waals surface area (Å²) in [6, 6.07) is -0.198. The van der Waals surface area contributed by atoms with Gasteiger partial charge in [0.1, 0.15) is 0 Å². The van der Waals surface area contributed by atoms with Crippen LogP contribution in [0.25, 0.3) is 0 Å². The van der Waals surface area contributed by atoms with E-state index >= 15 is 0 Å². The predicted molar refractivity (Wildman–Crippen MR) is 81.0 cm³/mol. The van der Waals surface area contributed by atoms with Crippen LogP contribution in [0.2, 0.25) is 0 Å². The van der Waals surface area contributed by atoms with Gasteiger partial charge in [0.15, 0.2) is 5.66 Å². The maximum Gasteiger partial charge on any atom is 0.308 e. The van der Waals surface area contributed by atoms with Gasteiger partial charge in [-0.1, -0.05) is 0 Å². The van der Waals surface area contributed by atoms with Gasteiger partial charge in [-0.05, 0) is 26.7 Å². The average molecular weight is 305 g/mol. The lowest BCUT2D eigenvalue weighted by atomic mass is 9.86. The van der Waals surface area contributed by atoms with Gasteiger partial charge in [-0.3, -0.25) is 9.59 Å². The Balaban J connectivity index is 1.93. The third-order valence-electron chi connectivity index (χ3n) is 4.79. The molecule has 0 aromatic rings. The summed E-state index contributed by atoms with van der Waals surface area (Å²) in [6.07, 6.45) is 8.77. The summed E-state index contributed by atoms with van der Waals surface area (Å²) >= 11 is 0. The van der Waals surface area contributed by atoms with Crippen molar-refractivity contribution in [1.82, 2.24) is 4.90 Å². The molecule has 6 heteroatoms. The van der Waals surface area contributed by atoms with E-state index in [0.29, 0.717) is 32.1 Å². The third-order valence-corrected chi connectivity index (χ3v) is 4.79. The molecule has 0 radical (unpaired) electrons. The number of hydrogen-bond donors (Lipinski definition) is 1. The van der Waals surface area contributed by atoms with Gasteiger partial charge in [0.2, 0.25) is 5.91 Å². The third kappa shape index (κ3) is 3.46. The molecule has 2 rings (SSSR count). The first kappa shape index (κ1) is 16.5. The second kappa shape index (κ2) is 6.47. The van der Waals surface area contributed by atoms with Crippen LogP contribution in [-0.4, -0.2) is 39.6 Å². The summed E-state index contributed by atoms with van der Waals surface area (Å²) in [4.78, 5) is 25.6. The first-order valence-electron chi connectivity index (χ1n) is 7.82. The molecule has 2 aliphatic heterocycles. The zero-order chi connectivity index (χ0) is 16.3. The van der Waals surface area contributed by atoms with E-state index in [2.05, 4.69) is 16.1 Å². The van der Waals surface area contributed by atoms with Crippen molar-refractivity contribution in [2.75, 3.05) is 0 Å². The van der Waals surface area contributed by atoms with Crippen LogP contribution in [0, 0.1) is 18.3 Å². The Bertz CT molecular complexity index is 517. The first-order valence-corrected chi connectivity index (χ1v) is 7.82. The number of carbonyl (C=O) groups is 2. The average Bonchev–Trinajstić information content (AvgIpc) is 3.23. The van der Waals surface area contributed by atoms with Crippen LogP contribution < -0.4 is 0 Å². The second-order valence-electron chi connectivity index (χ2n) is 6.30. The van der Waals surface area contributed by atoms with Crippen LogP contribution in [0.1, 0.15) is 52.4 Å². The number of piperidine rings is 1. The Morgan fingerprint density at radius 3 is 2.55 bits per heavy atom. The van der Waals surface area contributed by atoms with Crippen molar-refractivity contribution in [3.63, 3.8) is 0 Å². The summed E-state index contributed by atoms with van der Waals surface area (Å²) in [6.45, 7) is 3.80. The second-order valence-corrected chi connectivity index (χ2v) is 6.30. The molecule has 1 fully saturated rings. The molecule has 0 spiro atoms. The lowest BCUT2D eigenvalue weighted by molar-refractivity contribution is -0.151. The Labute approximate surface area is 131 Å². The van der Waals surface area contributed by atoms with E-state index in [9.17, 15) is 14.7 Å². The van der Waals surface area contributed by atoms with E-state index in [4.69, 9.17) is 6.42 Å². The maximum absolute atomic E-state index is 12.5. The number of aliphatic carboxylic acids is 1. The molecule has 0 aromatic carbocycles. The van der Waals surface area contributed by atoms with Crippen LogP contribution in [0.15, 0.2) is 10.2 Å². The first-order chi connectivity index (χ1) is 10.4. The highest BCUT2D eigenvalue weighted by atomic mass is 16.4.